The van der Waals surface area contributed by atoms with Gasteiger partial charge in [-0.3, -0.25) is 9.78 Å². The number of benzene rings is 1. The van der Waals surface area contributed by atoms with Crippen LogP contribution in [0.2, 0.25) is 0 Å². The van der Waals surface area contributed by atoms with E-state index < -0.39 is 0 Å². The lowest BCUT2D eigenvalue weighted by Gasteiger charge is -2.14. The average Bonchev–Trinajstić information content (AvgIpc) is 2.42. The number of rotatable bonds is 3. The predicted molar refractivity (Wildman–Crippen MR) is 71.3 cm³/mol. The molecule has 0 radical (unpaired) electrons. The molecule has 0 bridgehead atoms. The summed E-state index contributed by atoms with van der Waals surface area (Å²) in [5, 5.41) is 2.86. The van der Waals surface area contributed by atoms with Crippen molar-refractivity contribution in [2.45, 2.75) is 19.9 Å². The minimum absolute atomic E-state index is 0.147. The van der Waals surface area contributed by atoms with Gasteiger partial charge < -0.3 is 5.32 Å². The molecule has 2 aromatic rings. The van der Waals surface area contributed by atoms with Crippen molar-refractivity contribution in [3.05, 3.63) is 65.2 Å². The molecule has 98 valence electrons. The summed E-state index contributed by atoms with van der Waals surface area (Å²) in [4.78, 5) is 16.0. The van der Waals surface area contributed by atoms with E-state index in [4.69, 9.17) is 0 Å². The lowest BCUT2D eigenvalue weighted by molar-refractivity contribution is 0.0939. The minimum Gasteiger partial charge on any atom is -0.345 e. The maximum Gasteiger partial charge on any atom is 0.251 e. The monoisotopic (exact) mass is 258 g/mol. The van der Waals surface area contributed by atoms with E-state index in [2.05, 4.69) is 10.3 Å². The van der Waals surface area contributed by atoms with E-state index in [1.54, 1.807) is 25.4 Å². The van der Waals surface area contributed by atoms with Gasteiger partial charge in [0.2, 0.25) is 0 Å². The highest BCUT2D eigenvalue weighted by molar-refractivity contribution is 5.94. The van der Waals surface area contributed by atoms with Crippen LogP contribution in [0.4, 0.5) is 4.39 Å². The maximum atomic E-state index is 13.1. The lowest BCUT2D eigenvalue weighted by Crippen LogP contribution is -2.26. The van der Waals surface area contributed by atoms with Crippen LogP contribution in [0.15, 0.2) is 42.7 Å². The fraction of sp³-hybridized carbons (Fsp3) is 0.200. The molecule has 0 saturated carbocycles. The molecule has 3 nitrogen and oxygen atoms in total. The second-order valence-electron chi connectivity index (χ2n) is 4.45. The molecule has 2 rings (SSSR count). The van der Waals surface area contributed by atoms with Gasteiger partial charge in [0.05, 0.1) is 6.04 Å². The van der Waals surface area contributed by atoms with E-state index in [1.807, 2.05) is 19.1 Å². The molecule has 1 heterocycles. The second kappa shape index (κ2) is 5.61. The second-order valence-corrected chi connectivity index (χ2v) is 4.45. The molecule has 0 aliphatic heterocycles. The predicted octanol–water partition coefficient (Wildman–Crippen LogP) is 3.02. The van der Waals surface area contributed by atoms with Crippen molar-refractivity contribution in [1.29, 1.82) is 0 Å². The smallest absolute Gasteiger partial charge is 0.251 e. The fourth-order valence-corrected chi connectivity index (χ4v) is 1.78. The Hall–Kier alpha value is -2.23. The van der Waals surface area contributed by atoms with Gasteiger partial charge in [-0.05, 0) is 49.2 Å². The van der Waals surface area contributed by atoms with Crippen molar-refractivity contribution in [3.63, 3.8) is 0 Å². The SMILES string of the molecule is Cc1cc(C(=O)NC(C)c2cccnc2)ccc1F. The van der Waals surface area contributed by atoms with Crippen LogP contribution in [-0.2, 0) is 0 Å². The van der Waals surface area contributed by atoms with Gasteiger partial charge in [-0.1, -0.05) is 6.07 Å². The number of carbonyl (C=O) groups excluding carboxylic acids is 1. The van der Waals surface area contributed by atoms with Crippen molar-refractivity contribution < 1.29 is 9.18 Å². The minimum atomic E-state index is -0.308. The molecule has 0 spiro atoms. The average molecular weight is 258 g/mol. The quantitative estimate of drug-likeness (QED) is 0.919. The summed E-state index contributed by atoms with van der Waals surface area (Å²) < 4.78 is 13.1. The molecule has 1 aromatic carbocycles. The first kappa shape index (κ1) is 13.2. The first-order valence-corrected chi connectivity index (χ1v) is 6.05. The van der Waals surface area contributed by atoms with Gasteiger partial charge in [-0.25, -0.2) is 4.39 Å². The van der Waals surface area contributed by atoms with Gasteiger partial charge in [0, 0.05) is 18.0 Å². The molecule has 0 aliphatic rings. The molecule has 0 saturated heterocycles. The first-order chi connectivity index (χ1) is 9.08. The Kier molecular flexibility index (Phi) is 3.90. The van der Waals surface area contributed by atoms with Crippen LogP contribution in [-0.4, -0.2) is 10.9 Å². The first-order valence-electron chi connectivity index (χ1n) is 6.05. The Bertz CT molecular complexity index is 584. The number of hydrogen-bond donors (Lipinski definition) is 1. The van der Waals surface area contributed by atoms with E-state index >= 15 is 0 Å². The molecule has 1 N–H and O–H groups in total. The van der Waals surface area contributed by atoms with Gasteiger partial charge in [0.1, 0.15) is 5.82 Å². The number of aryl methyl sites for hydroxylation is 1. The van der Waals surface area contributed by atoms with Crippen molar-refractivity contribution in [1.82, 2.24) is 10.3 Å². The van der Waals surface area contributed by atoms with Crippen LogP contribution in [0.25, 0.3) is 0 Å². The molecule has 0 fully saturated rings. The molecule has 4 heteroatoms. The molecular weight excluding hydrogens is 243 g/mol. The van der Waals surface area contributed by atoms with Crippen LogP contribution >= 0.6 is 0 Å². The molecule has 1 atom stereocenters. The van der Waals surface area contributed by atoms with Gasteiger partial charge in [-0.15, -0.1) is 0 Å². The summed E-state index contributed by atoms with van der Waals surface area (Å²) in [5.74, 6) is -0.531. The third-order valence-electron chi connectivity index (χ3n) is 2.95. The highest BCUT2D eigenvalue weighted by Gasteiger charge is 2.12. The van der Waals surface area contributed by atoms with Crippen molar-refractivity contribution in [3.8, 4) is 0 Å². The van der Waals surface area contributed by atoms with E-state index in [0.717, 1.165) is 5.56 Å². The summed E-state index contributed by atoms with van der Waals surface area (Å²) in [6.07, 6.45) is 3.39. The van der Waals surface area contributed by atoms with Gasteiger partial charge >= 0.3 is 0 Å². The third-order valence-corrected chi connectivity index (χ3v) is 2.95. The van der Waals surface area contributed by atoms with Crippen LogP contribution in [0.3, 0.4) is 0 Å². The highest BCUT2D eigenvalue weighted by atomic mass is 19.1. The number of carbonyl (C=O) groups is 1. The van der Waals surface area contributed by atoms with Gasteiger partial charge in [0.15, 0.2) is 0 Å². The molecule has 0 aliphatic carbocycles. The Labute approximate surface area is 111 Å². The number of hydrogen-bond acceptors (Lipinski definition) is 2. The highest BCUT2D eigenvalue weighted by Crippen LogP contribution is 2.13. The molecule has 1 amide bonds. The number of nitrogens with one attached hydrogen (secondary N) is 1. The standard InChI is InChI=1S/C15H15FN2O/c1-10-8-12(5-6-14(10)16)15(19)18-11(2)13-4-3-7-17-9-13/h3-9,11H,1-2H3,(H,18,19). The Balaban J connectivity index is 2.11. The Morgan fingerprint density at radius 1 is 1.37 bits per heavy atom. The number of pyridine rings is 1. The molecule has 1 aromatic heterocycles. The van der Waals surface area contributed by atoms with E-state index in [1.165, 1.54) is 12.1 Å². The van der Waals surface area contributed by atoms with E-state index in [9.17, 15) is 9.18 Å². The zero-order valence-corrected chi connectivity index (χ0v) is 10.9. The molecule has 1 unspecified atom stereocenters. The Morgan fingerprint density at radius 3 is 2.79 bits per heavy atom. The van der Waals surface area contributed by atoms with Crippen LogP contribution in [0, 0.1) is 12.7 Å². The Morgan fingerprint density at radius 2 is 2.16 bits per heavy atom. The summed E-state index contributed by atoms with van der Waals surface area (Å²) in [6, 6.07) is 7.90. The summed E-state index contributed by atoms with van der Waals surface area (Å²) in [5.41, 5.74) is 1.84. The third kappa shape index (κ3) is 3.16. The topological polar surface area (TPSA) is 42.0 Å². The zero-order valence-electron chi connectivity index (χ0n) is 10.9. The van der Waals surface area contributed by atoms with Gasteiger partial charge in [0.25, 0.3) is 5.91 Å². The largest absolute Gasteiger partial charge is 0.345 e. The van der Waals surface area contributed by atoms with Crippen LogP contribution in [0.5, 0.6) is 0 Å². The van der Waals surface area contributed by atoms with Gasteiger partial charge in [-0.2, -0.15) is 0 Å². The fourth-order valence-electron chi connectivity index (χ4n) is 1.78. The maximum absolute atomic E-state index is 13.1. The normalized spacial score (nSPS) is 11.9. The van der Waals surface area contributed by atoms with Crippen molar-refractivity contribution in [2.24, 2.45) is 0 Å². The lowest BCUT2D eigenvalue weighted by atomic mass is 10.1. The summed E-state index contributed by atoms with van der Waals surface area (Å²) >= 11 is 0. The van der Waals surface area contributed by atoms with Crippen LogP contribution in [0.1, 0.15) is 34.5 Å². The van der Waals surface area contributed by atoms with E-state index in [0.29, 0.717) is 11.1 Å². The molecular formula is C15H15FN2O. The van der Waals surface area contributed by atoms with Crippen LogP contribution < -0.4 is 5.32 Å². The number of halogens is 1. The number of nitrogens with zero attached hydrogens (tertiary/aromatic N) is 1. The van der Waals surface area contributed by atoms with Crippen molar-refractivity contribution >= 4 is 5.91 Å². The van der Waals surface area contributed by atoms with Crippen molar-refractivity contribution in [2.75, 3.05) is 0 Å². The zero-order chi connectivity index (χ0) is 13.8. The van der Waals surface area contributed by atoms with E-state index in [-0.39, 0.29) is 17.8 Å². The molecule has 19 heavy (non-hydrogen) atoms. The number of amides is 1. The summed E-state index contributed by atoms with van der Waals surface area (Å²) in [7, 11) is 0. The number of aromatic nitrogens is 1. The summed E-state index contributed by atoms with van der Waals surface area (Å²) in [6.45, 7) is 3.52.